The summed E-state index contributed by atoms with van der Waals surface area (Å²) < 4.78 is 119. The summed E-state index contributed by atoms with van der Waals surface area (Å²) >= 11 is 6.61. The fourth-order valence-electron chi connectivity index (χ4n) is 8.21. The number of fused-ring (bicyclic) bond motifs is 5. The standard InChI is InChI=1S/C39H29ClF6N10O4S/c1-54-33-28(6-5-25(40)31(33)36(52-54)53-61(2,59)60)56-37(50-26-10-18(3-4-22(26)38(56)58)19-13-47-16-48-14-19)27(9-17-7-20(41)11-21(42)8-17)49-29(57)15-55-34-30(32(51-55)35(43)44)23-12-24(23)39(34,45)46/h3-8,10-11,13-14,16,23-24,27,35H,9,12,15H2,1-2H3,(H,49,57)(H,52,53)/t23?,24?,27-/m0/s1. The highest BCUT2D eigenvalue weighted by Crippen LogP contribution is 2.68. The molecule has 3 aromatic carbocycles. The van der Waals surface area contributed by atoms with Crippen molar-refractivity contribution in [2.45, 2.75) is 43.7 Å². The first-order valence-electron chi connectivity index (χ1n) is 18.4. The number of nitrogens with one attached hydrogen (secondary N) is 2. The lowest BCUT2D eigenvalue weighted by atomic mass is 10.0. The van der Waals surface area contributed by atoms with Crippen LogP contribution >= 0.6 is 11.6 Å². The summed E-state index contributed by atoms with van der Waals surface area (Å²) in [6.07, 6.45) is 1.58. The minimum atomic E-state index is -3.91. The Bertz CT molecular complexity index is 3120. The SMILES string of the molecule is Cn1nc(NS(C)(=O)=O)c2c(Cl)ccc(-n3c([C@H](Cc4cc(F)cc(F)c4)NC(=O)Cn4nc(C(F)F)c5c4C(F)(F)C4CC54)nc4cc(-c5cncnc5)ccc4c3=O)c21. The Kier molecular flexibility index (Phi) is 9.46. The zero-order valence-electron chi connectivity index (χ0n) is 31.5. The van der Waals surface area contributed by atoms with Crippen LogP contribution in [-0.4, -0.2) is 59.7 Å². The van der Waals surface area contributed by atoms with E-state index in [1.54, 1.807) is 12.1 Å². The van der Waals surface area contributed by atoms with Crippen molar-refractivity contribution in [3.63, 3.8) is 0 Å². The summed E-state index contributed by atoms with van der Waals surface area (Å²) in [7, 11) is -2.46. The largest absolute Gasteiger partial charge is 0.344 e. The van der Waals surface area contributed by atoms with E-state index in [1.165, 1.54) is 48.6 Å². The van der Waals surface area contributed by atoms with Crippen LogP contribution < -0.4 is 15.6 Å². The van der Waals surface area contributed by atoms with E-state index in [9.17, 15) is 35.6 Å². The highest BCUT2D eigenvalue weighted by atomic mass is 35.5. The summed E-state index contributed by atoms with van der Waals surface area (Å²) in [5.41, 5.74) is -1.45. The zero-order valence-corrected chi connectivity index (χ0v) is 33.1. The second-order valence-corrected chi connectivity index (χ2v) is 17.0. The highest BCUT2D eigenvalue weighted by molar-refractivity contribution is 7.92. The molecule has 14 nitrogen and oxygen atoms in total. The molecule has 2 aliphatic rings. The Hall–Kier alpha value is -6.35. The number of aryl methyl sites for hydroxylation is 1. The summed E-state index contributed by atoms with van der Waals surface area (Å²) in [6, 6.07) is 8.49. The van der Waals surface area contributed by atoms with Crippen LogP contribution in [0.15, 0.2) is 72.0 Å². The fraction of sp³-hybridized carbons (Fsp3) is 0.256. The van der Waals surface area contributed by atoms with Gasteiger partial charge in [0.25, 0.3) is 17.9 Å². The van der Waals surface area contributed by atoms with Gasteiger partial charge >= 0.3 is 0 Å². The lowest BCUT2D eigenvalue weighted by molar-refractivity contribution is -0.123. The minimum absolute atomic E-state index is 0.00546. The van der Waals surface area contributed by atoms with Crippen molar-refractivity contribution in [1.29, 1.82) is 0 Å². The molecule has 3 atom stereocenters. The number of hydrogen-bond donors (Lipinski definition) is 2. The number of rotatable bonds is 11. The van der Waals surface area contributed by atoms with Gasteiger partial charge < -0.3 is 5.32 Å². The predicted octanol–water partition coefficient (Wildman–Crippen LogP) is 6.48. The average molecular weight is 883 g/mol. The van der Waals surface area contributed by atoms with Crippen molar-refractivity contribution in [2.24, 2.45) is 13.0 Å². The number of halogens is 7. The number of carbonyl (C=O) groups excluding carboxylic acids is 1. The summed E-state index contributed by atoms with van der Waals surface area (Å²) in [5.74, 6) is -9.04. The second kappa shape index (κ2) is 14.4. The normalized spacial score (nSPS) is 17.1. The molecular weight excluding hydrogens is 854 g/mol. The topological polar surface area (TPSA) is 172 Å². The first-order chi connectivity index (χ1) is 28.9. The van der Waals surface area contributed by atoms with Crippen molar-refractivity contribution >= 4 is 55.2 Å². The molecule has 2 unspecified atom stereocenters. The molecule has 2 aliphatic carbocycles. The minimum Gasteiger partial charge on any atom is -0.344 e. The van der Waals surface area contributed by atoms with Crippen LogP contribution in [0.4, 0.5) is 32.2 Å². The van der Waals surface area contributed by atoms with Crippen molar-refractivity contribution < 1.29 is 39.6 Å². The zero-order chi connectivity index (χ0) is 43.3. The Labute approximate surface area is 345 Å². The molecule has 314 valence electrons. The third-order valence-corrected chi connectivity index (χ3v) is 11.6. The third kappa shape index (κ3) is 7.03. The van der Waals surface area contributed by atoms with Gasteiger partial charge in [-0.05, 0) is 59.9 Å². The van der Waals surface area contributed by atoms with Gasteiger partial charge in [-0.15, -0.1) is 0 Å². The van der Waals surface area contributed by atoms with Crippen molar-refractivity contribution in [2.75, 3.05) is 11.0 Å². The van der Waals surface area contributed by atoms with Crippen molar-refractivity contribution in [3.8, 4) is 16.8 Å². The highest BCUT2D eigenvalue weighted by Gasteiger charge is 2.67. The number of anilines is 1. The quantitative estimate of drug-likeness (QED) is 0.138. The number of nitrogens with zero attached hydrogens (tertiary/aromatic N) is 8. The van der Waals surface area contributed by atoms with Crippen molar-refractivity contribution in [1.82, 2.24) is 44.4 Å². The molecule has 4 heterocycles. The number of aromatic nitrogens is 8. The van der Waals surface area contributed by atoms with Crippen LogP contribution in [0.1, 0.15) is 53.1 Å². The van der Waals surface area contributed by atoms with Gasteiger partial charge in [-0.3, -0.25) is 28.2 Å². The monoisotopic (exact) mass is 882 g/mol. The fourth-order valence-corrected chi connectivity index (χ4v) is 8.94. The Balaban J connectivity index is 1.26. The molecule has 9 rings (SSSR count). The maximum atomic E-state index is 15.5. The Morgan fingerprint density at radius 3 is 2.43 bits per heavy atom. The summed E-state index contributed by atoms with van der Waals surface area (Å²) in [6.45, 7) is -0.985. The van der Waals surface area contributed by atoms with Gasteiger partial charge in [0.1, 0.15) is 41.7 Å². The number of sulfonamides is 1. The average Bonchev–Trinajstić information content (AvgIpc) is 3.73. The molecule has 1 amide bonds. The van der Waals surface area contributed by atoms with Crippen LogP contribution in [0, 0.1) is 17.6 Å². The van der Waals surface area contributed by atoms with Gasteiger partial charge in [-0.1, -0.05) is 17.7 Å². The maximum absolute atomic E-state index is 15.5. The van der Waals surface area contributed by atoms with Gasteiger partial charge in [-0.2, -0.15) is 19.0 Å². The van der Waals surface area contributed by atoms with Gasteiger partial charge in [0.2, 0.25) is 15.9 Å². The smallest absolute Gasteiger partial charge is 0.293 e. The molecule has 7 aromatic rings. The van der Waals surface area contributed by atoms with Crippen LogP contribution in [0.3, 0.4) is 0 Å². The number of carbonyl (C=O) groups is 1. The Morgan fingerprint density at radius 2 is 1.74 bits per heavy atom. The molecular formula is C39H29ClF6N10O4S. The number of alkyl halides is 4. The predicted molar refractivity (Wildman–Crippen MR) is 209 cm³/mol. The van der Waals surface area contributed by atoms with Gasteiger partial charge in [0, 0.05) is 49.0 Å². The van der Waals surface area contributed by atoms with E-state index in [2.05, 4.69) is 30.2 Å². The van der Waals surface area contributed by atoms with E-state index in [-0.39, 0.29) is 61.7 Å². The number of amides is 1. The van der Waals surface area contributed by atoms with Crippen LogP contribution in [-0.2, 0) is 40.8 Å². The van der Waals surface area contributed by atoms with Gasteiger partial charge in [0.15, 0.2) is 5.82 Å². The van der Waals surface area contributed by atoms with E-state index in [0.717, 1.165) is 23.0 Å². The molecule has 0 spiro atoms. The molecule has 1 fully saturated rings. The van der Waals surface area contributed by atoms with Crippen molar-refractivity contribution in [3.05, 3.63) is 123 Å². The molecule has 0 aliphatic heterocycles. The lowest BCUT2D eigenvalue weighted by Crippen LogP contribution is -2.38. The first kappa shape index (κ1) is 40.1. The summed E-state index contributed by atoms with van der Waals surface area (Å²) in [5, 5.41) is 10.8. The van der Waals surface area contributed by atoms with E-state index in [4.69, 9.17) is 16.6 Å². The molecule has 4 aromatic heterocycles. The van der Waals surface area contributed by atoms with Gasteiger partial charge in [0.05, 0.1) is 44.8 Å². The Morgan fingerprint density at radius 1 is 1.02 bits per heavy atom. The molecule has 0 saturated heterocycles. The first-order valence-corrected chi connectivity index (χ1v) is 20.6. The van der Waals surface area contributed by atoms with E-state index in [1.807, 2.05) is 0 Å². The third-order valence-electron chi connectivity index (χ3n) is 10.7. The van der Waals surface area contributed by atoms with Gasteiger partial charge in [-0.25, -0.2) is 40.9 Å². The molecule has 61 heavy (non-hydrogen) atoms. The van der Waals surface area contributed by atoms with Crippen LogP contribution in [0.25, 0.3) is 38.6 Å². The number of hydrogen-bond acceptors (Lipinski definition) is 9. The molecule has 0 bridgehead atoms. The molecule has 0 radical (unpaired) electrons. The van der Waals surface area contributed by atoms with E-state index >= 15 is 8.78 Å². The summed E-state index contributed by atoms with van der Waals surface area (Å²) in [4.78, 5) is 42.0. The molecule has 1 saturated carbocycles. The van der Waals surface area contributed by atoms with Crippen LogP contribution in [0.5, 0.6) is 0 Å². The molecule has 22 heteroatoms. The van der Waals surface area contributed by atoms with E-state index < -0.39 is 87.7 Å². The number of benzene rings is 3. The van der Waals surface area contributed by atoms with Crippen LogP contribution in [0.2, 0.25) is 5.02 Å². The maximum Gasteiger partial charge on any atom is 0.293 e. The lowest BCUT2D eigenvalue weighted by Gasteiger charge is -2.24. The second-order valence-electron chi connectivity index (χ2n) is 14.9. The molecule has 2 N–H and O–H groups in total. The van der Waals surface area contributed by atoms with E-state index in [0.29, 0.717) is 21.9 Å².